The van der Waals surface area contributed by atoms with Gasteiger partial charge in [0.15, 0.2) is 11.6 Å². The molecule has 6 nitrogen and oxygen atoms in total. The van der Waals surface area contributed by atoms with Crippen molar-refractivity contribution in [2.75, 3.05) is 23.7 Å². The Morgan fingerprint density at radius 1 is 1.40 bits per heavy atom. The molecule has 1 unspecified atom stereocenters. The van der Waals surface area contributed by atoms with Crippen molar-refractivity contribution in [2.24, 2.45) is 0 Å². The molecule has 0 aliphatic carbocycles. The highest BCUT2D eigenvalue weighted by Crippen LogP contribution is 2.33. The van der Waals surface area contributed by atoms with Gasteiger partial charge < -0.3 is 16.0 Å². The van der Waals surface area contributed by atoms with Gasteiger partial charge in [-0.05, 0) is 23.3 Å². The van der Waals surface area contributed by atoms with E-state index in [0.717, 1.165) is 24.2 Å². The fourth-order valence-corrected chi connectivity index (χ4v) is 4.23. The molecule has 3 heterocycles. The van der Waals surface area contributed by atoms with Crippen molar-refractivity contribution in [2.45, 2.75) is 19.4 Å². The summed E-state index contributed by atoms with van der Waals surface area (Å²) in [5, 5.41) is 6.24. The predicted molar refractivity (Wildman–Crippen MR) is 102 cm³/mol. The van der Waals surface area contributed by atoms with Gasteiger partial charge >= 0.3 is 0 Å². The Labute approximate surface area is 149 Å². The summed E-state index contributed by atoms with van der Waals surface area (Å²) in [6, 6.07) is 8.42. The Balaban J connectivity index is 1.68. The van der Waals surface area contributed by atoms with E-state index in [-0.39, 0.29) is 11.9 Å². The van der Waals surface area contributed by atoms with Crippen LogP contribution in [-0.4, -0.2) is 35.0 Å². The minimum Gasteiger partial charge on any atom is -0.381 e. The molecule has 1 aliphatic heterocycles. The molecular weight excluding hydrogens is 334 g/mol. The number of nitrogens with one attached hydrogen (secondary N) is 1. The smallest absolute Gasteiger partial charge is 0.217 e. The maximum absolute atomic E-state index is 11.3. The van der Waals surface area contributed by atoms with Crippen molar-refractivity contribution < 1.29 is 4.79 Å². The van der Waals surface area contributed by atoms with Crippen LogP contribution in [-0.2, 0) is 4.79 Å². The first-order valence-corrected chi connectivity index (χ1v) is 9.11. The molecule has 0 bridgehead atoms. The fraction of sp³-hybridized carbons (Fsp3) is 0.278. The molecule has 1 fully saturated rings. The van der Waals surface area contributed by atoms with Crippen LogP contribution in [0.25, 0.3) is 21.3 Å². The minimum absolute atomic E-state index is 0.0102. The molecule has 7 heteroatoms. The number of hydrogen-bond acceptors (Lipinski definition) is 6. The van der Waals surface area contributed by atoms with Crippen molar-refractivity contribution in [1.29, 1.82) is 0 Å². The minimum atomic E-state index is -0.0102. The van der Waals surface area contributed by atoms with Crippen molar-refractivity contribution in [3.05, 3.63) is 35.8 Å². The van der Waals surface area contributed by atoms with Crippen LogP contribution in [0.3, 0.4) is 0 Å². The Hall–Kier alpha value is -2.67. The van der Waals surface area contributed by atoms with Crippen molar-refractivity contribution >= 4 is 39.0 Å². The van der Waals surface area contributed by atoms with Gasteiger partial charge in [0.1, 0.15) is 0 Å². The normalized spacial score (nSPS) is 17.2. The quantitative estimate of drug-likeness (QED) is 0.756. The number of benzene rings is 1. The number of rotatable bonds is 3. The van der Waals surface area contributed by atoms with Crippen LogP contribution in [0.5, 0.6) is 0 Å². The molecule has 0 saturated carbocycles. The van der Waals surface area contributed by atoms with Gasteiger partial charge in [0.05, 0.1) is 11.9 Å². The zero-order chi connectivity index (χ0) is 17.4. The van der Waals surface area contributed by atoms with E-state index >= 15 is 0 Å². The molecule has 1 aromatic carbocycles. The molecule has 3 N–H and O–H groups in total. The maximum atomic E-state index is 11.3. The first-order valence-electron chi connectivity index (χ1n) is 8.23. The lowest BCUT2D eigenvalue weighted by atomic mass is 10.1. The third-order valence-corrected chi connectivity index (χ3v) is 5.39. The molecule has 0 spiro atoms. The molecule has 1 saturated heterocycles. The van der Waals surface area contributed by atoms with E-state index in [0.29, 0.717) is 18.2 Å². The summed E-state index contributed by atoms with van der Waals surface area (Å²) in [6.45, 7) is 3.04. The molecule has 1 amide bonds. The standard InChI is InChI=1S/C18H19N5OS/c1-11(24)21-13-5-7-23(10-13)18-17(19)20-9-15(22-18)14-4-2-3-12-6-8-25-16(12)14/h2-4,6,8-9,13H,5,7,10H2,1H3,(H2,19,20)(H,21,24). The first-order chi connectivity index (χ1) is 12.1. The van der Waals surface area contributed by atoms with Crippen molar-refractivity contribution in [3.8, 4) is 11.3 Å². The molecule has 1 atom stereocenters. The van der Waals surface area contributed by atoms with Crippen LogP contribution in [0.4, 0.5) is 11.6 Å². The summed E-state index contributed by atoms with van der Waals surface area (Å²) in [5.41, 5.74) is 7.97. The van der Waals surface area contributed by atoms with Crippen LogP contribution in [0.15, 0.2) is 35.8 Å². The van der Waals surface area contributed by atoms with Crippen LogP contribution >= 0.6 is 11.3 Å². The number of nitrogens with two attached hydrogens (primary N) is 1. The predicted octanol–water partition coefficient (Wildman–Crippen LogP) is 2.66. The van der Waals surface area contributed by atoms with Gasteiger partial charge in [0.25, 0.3) is 0 Å². The van der Waals surface area contributed by atoms with Crippen LogP contribution in [0.2, 0.25) is 0 Å². The second-order valence-electron chi connectivity index (χ2n) is 6.24. The summed E-state index contributed by atoms with van der Waals surface area (Å²) in [4.78, 5) is 22.5. The van der Waals surface area contributed by atoms with Crippen molar-refractivity contribution in [1.82, 2.24) is 15.3 Å². The van der Waals surface area contributed by atoms with Gasteiger partial charge in [-0.2, -0.15) is 0 Å². The number of carbonyl (C=O) groups excluding carboxylic acids is 1. The van der Waals surface area contributed by atoms with Gasteiger partial charge in [0.2, 0.25) is 5.91 Å². The number of carbonyl (C=O) groups is 1. The SMILES string of the molecule is CC(=O)NC1CCN(c2nc(-c3cccc4ccsc34)cnc2N)C1. The van der Waals surface area contributed by atoms with Gasteiger partial charge in [-0.15, -0.1) is 11.3 Å². The number of nitrogen functional groups attached to an aromatic ring is 1. The second-order valence-corrected chi connectivity index (χ2v) is 7.16. The number of hydrogen-bond donors (Lipinski definition) is 2. The van der Waals surface area contributed by atoms with Crippen molar-refractivity contribution in [3.63, 3.8) is 0 Å². The van der Waals surface area contributed by atoms with E-state index in [1.54, 1.807) is 24.5 Å². The number of aromatic nitrogens is 2. The lowest BCUT2D eigenvalue weighted by molar-refractivity contribution is -0.119. The highest BCUT2D eigenvalue weighted by molar-refractivity contribution is 7.17. The topological polar surface area (TPSA) is 84.1 Å². The summed E-state index contributed by atoms with van der Waals surface area (Å²) in [6.07, 6.45) is 2.61. The van der Waals surface area contributed by atoms with Gasteiger partial charge in [0, 0.05) is 36.3 Å². The van der Waals surface area contributed by atoms with Gasteiger partial charge in [-0.25, -0.2) is 9.97 Å². The molecule has 2 aromatic heterocycles. The first kappa shape index (κ1) is 15.8. The van der Waals surface area contributed by atoms with E-state index in [1.807, 2.05) is 6.07 Å². The lowest BCUT2D eigenvalue weighted by Gasteiger charge is -2.19. The third kappa shape index (κ3) is 3.02. The molecule has 0 radical (unpaired) electrons. The number of thiophene rings is 1. The summed E-state index contributed by atoms with van der Waals surface area (Å²) < 4.78 is 1.20. The van der Waals surface area contributed by atoms with Crippen LogP contribution < -0.4 is 16.0 Å². The number of fused-ring (bicyclic) bond motifs is 1. The molecule has 25 heavy (non-hydrogen) atoms. The summed E-state index contributed by atoms with van der Waals surface area (Å²) >= 11 is 1.70. The van der Waals surface area contributed by atoms with E-state index < -0.39 is 0 Å². The van der Waals surface area contributed by atoms with E-state index in [4.69, 9.17) is 10.7 Å². The largest absolute Gasteiger partial charge is 0.381 e. The fourth-order valence-electron chi connectivity index (χ4n) is 3.30. The average molecular weight is 353 g/mol. The summed E-state index contributed by atoms with van der Waals surface area (Å²) in [5.74, 6) is 1.11. The van der Waals surface area contributed by atoms with E-state index in [1.165, 1.54) is 10.1 Å². The highest BCUT2D eigenvalue weighted by atomic mass is 32.1. The maximum Gasteiger partial charge on any atom is 0.217 e. The van der Waals surface area contributed by atoms with E-state index in [2.05, 4.69) is 38.8 Å². The van der Waals surface area contributed by atoms with E-state index in [9.17, 15) is 4.79 Å². The number of amides is 1. The molecule has 3 aromatic rings. The molecule has 128 valence electrons. The van der Waals surface area contributed by atoms with Crippen LogP contribution in [0.1, 0.15) is 13.3 Å². The Morgan fingerprint density at radius 2 is 2.28 bits per heavy atom. The molecule has 1 aliphatic rings. The second kappa shape index (κ2) is 6.33. The Kier molecular flexibility index (Phi) is 4.01. The van der Waals surface area contributed by atoms with Gasteiger partial charge in [-0.3, -0.25) is 4.79 Å². The third-order valence-electron chi connectivity index (χ3n) is 4.43. The van der Waals surface area contributed by atoms with Crippen LogP contribution in [0, 0.1) is 0 Å². The number of anilines is 2. The Morgan fingerprint density at radius 3 is 3.12 bits per heavy atom. The number of nitrogens with zero attached hydrogens (tertiary/aromatic N) is 3. The Bertz CT molecular complexity index is 938. The monoisotopic (exact) mass is 353 g/mol. The molecular formula is C18H19N5OS. The van der Waals surface area contributed by atoms with Gasteiger partial charge in [-0.1, -0.05) is 18.2 Å². The zero-order valence-corrected chi connectivity index (χ0v) is 14.7. The lowest BCUT2D eigenvalue weighted by Crippen LogP contribution is -2.35. The zero-order valence-electron chi connectivity index (χ0n) is 13.9. The average Bonchev–Trinajstić information content (AvgIpc) is 3.23. The highest BCUT2D eigenvalue weighted by Gasteiger charge is 2.26. The molecule has 4 rings (SSSR count). The summed E-state index contributed by atoms with van der Waals surface area (Å²) in [7, 11) is 0.